The van der Waals surface area contributed by atoms with Crippen LogP contribution >= 0.6 is 0 Å². The van der Waals surface area contributed by atoms with Crippen LogP contribution in [0.5, 0.6) is 11.6 Å². The maximum absolute atomic E-state index is 11.1. The number of carboxylic acids is 1. The number of carboxylic acid groups (broad SMARTS) is 1. The van der Waals surface area contributed by atoms with Crippen LogP contribution in [-0.2, 0) is 7.05 Å². The molecule has 0 amide bonds. The number of aryl methyl sites for hydroxylation is 3. The Hall–Kier alpha value is -2.37. The lowest BCUT2D eigenvalue weighted by Crippen LogP contribution is -2.03. The van der Waals surface area contributed by atoms with Crippen molar-refractivity contribution in [2.75, 3.05) is 0 Å². The molecule has 2 aromatic heterocycles. The molecule has 94 valence electrons. The molecule has 6 nitrogen and oxygen atoms in total. The van der Waals surface area contributed by atoms with Crippen LogP contribution in [0.2, 0.25) is 0 Å². The van der Waals surface area contributed by atoms with Gasteiger partial charge in [0.15, 0.2) is 0 Å². The highest BCUT2D eigenvalue weighted by Gasteiger charge is 2.14. The first-order chi connectivity index (χ1) is 8.47. The molecule has 0 bridgehead atoms. The summed E-state index contributed by atoms with van der Waals surface area (Å²) in [6.07, 6.45) is 1.29. The van der Waals surface area contributed by atoms with Gasteiger partial charge in [0.05, 0.1) is 5.69 Å². The number of nitrogens with zero attached hydrogens (tertiary/aromatic N) is 3. The number of pyridine rings is 1. The molecular weight excluding hydrogens is 234 g/mol. The van der Waals surface area contributed by atoms with E-state index in [0.29, 0.717) is 11.6 Å². The van der Waals surface area contributed by atoms with Crippen molar-refractivity contribution in [3.8, 4) is 11.6 Å². The zero-order chi connectivity index (χ0) is 13.3. The molecule has 2 aromatic rings. The molecule has 2 heterocycles. The molecule has 18 heavy (non-hydrogen) atoms. The molecule has 0 saturated heterocycles. The first-order valence-electron chi connectivity index (χ1n) is 5.36. The van der Waals surface area contributed by atoms with Crippen molar-refractivity contribution in [3.05, 3.63) is 35.3 Å². The van der Waals surface area contributed by atoms with Gasteiger partial charge in [-0.2, -0.15) is 5.10 Å². The zero-order valence-corrected chi connectivity index (χ0v) is 10.3. The molecule has 0 atom stereocenters. The number of hydrogen-bond acceptors (Lipinski definition) is 4. The number of rotatable bonds is 3. The Kier molecular flexibility index (Phi) is 3.01. The van der Waals surface area contributed by atoms with Crippen molar-refractivity contribution in [1.82, 2.24) is 14.8 Å². The molecule has 0 unspecified atom stereocenters. The highest BCUT2D eigenvalue weighted by Crippen LogP contribution is 2.25. The number of carbonyl (C=O) groups is 1. The zero-order valence-electron chi connectivity index (χ0n) is 10.3. The largest absolute Gasteiger partial charge is 0.477 e. The molecule has 0 radical (unpaired) electrons. The Bertz CT molecular complexity index is 605. The molecule has 0 fully saturated rings. The molecule has 6 heteroatoms. The Morgan fingerprint density at radius 1 is 1.33 bits per heavy atom. The molecule has 0 saturated carbocycles. The quantitative estimate of drug-likeness (QED) is 0.896. The van der Waals surface area contributed by atoms with Gasteiger partial charge in [0.2, 0.25) is 5.88 Å². The number of aromatic nitrogens is 3. The van der Waals surface area contributed by atoms with E-state index < -0.39 is 5.97 Å². The molecule has 0 aliphatic heterocycles. The molecule has 0 aliphatic rings. The fraction of sp³-hybridized carbons (Fsp3) is 0.250. The van der Waals surface area contributed by atoms with Crippen LogP contribution in [0, 0.1) is 13.8 Å². The van der Waals surface area contributed by atoms with Crippen LogP contribution in [0.4, 0.5) is 0 Å². The van der Waals surface area contributed by atoms with Gasteiger partial charge in [-0.1, -0.05) is 0 Å². The SMILES string of the molecule is Cc1cc(Oc2cc(C)nn2C)c(C(=O)O)cn1. The Labute approximate surface area is 104 Å². The maximum Gasteiger partial charge on any atom is 0.341 e. The van der Waals surface area contributed by atoms with Crippen molar-refractivity contribution < 1.29 is 14.6 Å². The first-order valence-corrected chi connectivity index (χ1v) is 5.36. The van der Waals surface area contributed by atoms with Crippen molar-refractivity contribution >= 4 is 5.97 Å². The van der Waals surface area contributed by atoms with Gasteiger partial charge in [0.1, 0.15) is 11.3 Å². The van der Waals surface area contributed by atoms with E-state index in [2.05, 4.69) is 10.1 Å². The number of hydrogen-bond donors (Lipinski definition) is 1. The van der Waals surface area contributed by atoms with Gasteiger partial charge >= 0.3 is 5.97 Å². The van der Waals surface area contributed by atoms with E-state index in [1.807, 2.05) is 6.92 Å². The average Bonchev–Trinajstić information content (AvgIpc) is 2.57. The summed E-state index contributed by atoms with van der Waals surface area (Å²) in [7, 11) is 1.73. The van der Waals surface area contributed by atoms with Crippen molar-refractivity contribution in [2.24, 2.45) is 7.05 Å². The second-order valence-corrected chi connectivity index (χ2v) is 3.98. The van der Waals surface area contributed by atoms with Gasteiger partial charge in [0.25, 0.3) is 0 Å². The molecule has 0 spiro atoms. The molecule has 2 rings (SSSR count). The summed E-state index contributed by atoms with van der Waals surface area (Å²) in [4.78, 5) is 15.0. The van der Waals surface area contributed by atoms with Crippen molar-refractivity contribution in [3.63, 3.8) is 0 Å². The summed E-state index contributed by atoms with van der Waals surface area (Å²) in [6, 6.07) is 3.33. The third kappa shape index (κ3) is 2.32. The van der Waals surface area contributed by atoms with Gasteiger partial charge in [-0.05, 0) is 13.8 Å². The van der Waals surface area contributed by atoms with Gasteiger partial charge in [0, 0.05) is 31.1 Å². The Morgan fingerprint density at radius 2 is 2.06 bits per heavy atom. The van der Waals surface area contributed by atoms with Gasteiger partial charge in [-0.15, -0.1) is 0 Å². The van der Waals surface area contributed by atoms with E-state index >= 15 is 0 Å². The van der Waals surface area contributed by atoms with Crippen molar-refractivity contribution in [1.29, 1.82) is 0 Å². The minimum atomic E-state index is -1.07. The van der Waals surface area contributed by atoms with Crippen LogP contribution in [0.1, 0.15) is 21.7 Å². The second-order valence-electron chi connectivity index (χ2n) is 3.98. The van der Waals surface area contributed by atoms with E-state index in [1.165, 1.54) is 6.20 Å². The topological polar surface area (TPSA) is 77.2 Å². The highest BCUT2D eigenvalue weighted by atomic mass is 16.5. The predicted octanol–water partition coefficient (Wildman–Crippen LogP) is 1.92. The monoisotopic (exact) mass is 247 g/mol. The van der Waals surface area contributed by atoms with Crippen LogP contribution in [0.3, 0.4) is 0 Å². The van der Waals surface area contributed by atoms with Gasteiger partial charge in [-0.25, -0.2) is 9.48 Å². The third-order valence-corrected chi connectivity index (χ3v) is 2.41. The average molecular weight is 247 g/mol. The van der Waals surface area contributed by atoms with Crippen molar-refractivity contribution in [2.45, 2.75) is 13.8 Å². The van der Waals surface area contributed by atoms with Crippen LogP contribution in [0.15, 0.2) is 18.3 Å². The van der Waals surface area contributed by atoms with Gasteiger partial charge in [-0.3, -0.25) is 4.98 Å². The van der Waals surface area contributed by atoms with Gasteiger partial charge < -0.3 is 9.84 Å². The lowest BCUT2D eigenvalue weighted by Gasteiger charge is -2.08. The number of aromatic carboxylic acids is 1. The van der Waals surface area contributed by atoms with E-state index in [0.717, 1.165) is 5.69 Å². The summed E-state index contributed by atoms with van der Waals surface area (Å²) in [5.74, 6) is -0.324. The fourth-order valence-corrected chi connectivity index (χ4v) is 1.57. The first kappa shape index (κ1) is 12.1. The van der Waals surface area contributed by atoms with E-state index in [9.17, 15) is 4.79 Å². The van der Waals surface area contributed by atoms with E-state index in [-0.39, 0.29) is 11.3 Å². The normalized spacial score (nSPS) is 10.4. The van der Waals surface area contributed by atoms with Crippen LogP contribution in [-0.4, -0.2) is 25.8 Å². The second kappa shape index (κ2) is 4.48. The predicted molar refractivity (Wildman–Crippen MR) is 64.0 cm³/mol. The fourth-order valence-electron chi connectivity index (χ4n) is 1.57. The summed E-state index contributed by atoms with van der Waals surface area (Å²) >= 11 is 0. The summed E-state index contributed by atoms with van der Waals surface area (Å²) in [5, 5.41) is 13.2. The maximum atomic E-state index is 11.1. The summed E-state index contributed by atoms with van der Waals surface area (Å²) in [5.41, 5.74) is 1.52. The lowest BCUT2D eigenvalue weighted by molar-refractivity contribution is 0.0693. The van der Waals surface area contributed by atoms with Crippen LogP contribution in [0.25, 0.3) is 0 Å². The Balaban J connectivity index is 2.42. The summed E-state index contributed by atoms with van der Waals surface area (Å²) < 4.78 is 7.14. The smallest absolute Gasteiger partial charge is 0.341 e. The molecule has 0 aromatic carbocycles. The third-order valence-electron chi connectivity index (χ3n) is 2.41. The minimum absolute atomic E-state index is 0.0273. The standard InChI is InChI=1S/C12H13N3O3/c1-7-4-10(9(6-13-7)12(16)17)18-11-5-8(2)14-15(11)3/h4-6H,1-3H3,(H,16,17). The lowest BCUT2D eigenvalue weighted by atomic mass is 10.2. The minimum Gasteiger partial charge on any atom is -0.477 e. The van der Waals surface area contributed by atoms with Crippen LogP contribution < -0.4 is 4.74 Å². The molecular formula is C12H13N3O3. The highest BCUT2D eigenvalue weighted by molar-refractivity contribution is 5.90. The molecule has 0 aliphatic carbocycles. The van der Waals surface area contributed by atoms with E-state index in [1.54, 1.807) is 30.8 Å². The molecule has 1 N–H and O–H groups in total. The van der Waals surface area contributed by atoms with E-state index in [4.69, 9.17) is 9.84 Å². The summed E-state index contributed by atoms with van der Waals surface area (Å²) in [6.45, 7) is 3.61. The number of ether oxygens (including phenoxy) is 1. The Morgan fingerprint density at radius 3 is 2.61 bits per heavy atom.